The van der Waals surface area contributed by atoms with E-state index in [1.54, 1.807) is 4.90 Å². The number of benzene rings is 1. The molecule has 132 valence electrons. The second-order valence-corrected chi connectivity index (χ2v) is 6.84. The summed E-state index contributed by atoms with van der Waals surface area (Å²) in [6, 6.07) is 10.2. The number of carbonyl (C=O) groups excluding carboxylic acids is 1. The first-order valence-corrected chi connectivity index (χ1v) is 8.96. The fourth-order valence-corrected chi connectivity index (χ4v) is 3.93. The van der Waals surface area contributed by atoms with Gasteiger partial charge in [-0.05, 0) is 24.8 Å². The van der Waals surface area contributed by atoms with Gasteiger partial charge in [-0.25, -0.2) is 0 Å². The van der Waals surface area contributed by atoms with E-state index in [1.807, 2.05) is 37.4 Å². The van der Waals surface area contributed by atoms with Crippen LogP contribution in [0.2, 0.25) is 0 Å². The Kier molecular flexibility index (Phi) is 5.87. The summed E-state index contributed by atoms with van der Waals surface area (Å²) in [5.41, 5.74) is 1.18. The Hall–Kier alpha value is -1.43. The number of likely N-dealkylation sites (N-methyl/N-ethyl adjacent to an activating group) is 1. The van der Waals surface area contributed by atoms with Crippen molar-refractivity contribution >= 4 is 5.91 Å². The van der Waals surface area contributed by atoms with Gasteiger partial charge in [0.15, 0.2) is 0 Å². The molecule has 5 nitrogen and oxygen atoms in total. The Bertz CT molecular complexity index is 531. The molecule has 1 saturated carbocycles. The average molecular weight is 332 g/mol. The van der Waals surface area contributed by atoms with Gasteiger partial charge in [-0.3, -0.25) is 9.69 Å². The highest BCUT2D eigenvalue weighted by Crippen LogP contribution is 2.29. The number of aliphatic hydroxyl groups excluding tert-OH is 1. The van der Waals surface area contributed by atoms with Crippen LogP contribution in [0.1, 0.15) is 24.8 Å². The Labute approximate surface area is 144 Å². The minimum atomic E-state index is -0.464. The van der Waals surface area contributed by atoms with E-state index in [0.29, 0.717) is 6.42 Å². The summed E-state index contributed by atoms with van der Waals surface area (Å²) in [7, 11) is 1.84. The quantitative estimate of drug-likeness (QED) is 0.883. The fraction of sp³-hybridized carbons (Fsp3) is 0.632. The summed E-state index contributed by atoms with van der Waals surface area (Å²) in [5, 5.41) is 10.7. The molecule has 1 aromatic carbocycles. The third-order valence-corrected chi connectivity index (χ3v) is 5.42. The number of morpholine rings is 1. The van der Waals surface area contributed by atoms with E-state index in [1.165, 1.54) is 5.56 Å². The van der Waals surface area contributed by atoms with Crippen molar-refractivity contribution in [1.82, 2.24) is 9.80 Å². The van der Waals surface area contributed by atoms with Crippen LogP contribution < -0.4 is 0 Å². The Morgan fingerprint density at radius 1 is 1.25 bits per heavy atom. The normalized spacial score (nSPS) is 28.0. The van der Waals surface area contributed by atoms with E-state index in [4.69, 9.17) is 4.74 Å². The maximum atomic E-state index is 12.5. The molecule has 1 aliphatic heterocycles. The molecule has 0 aromatic heterocycles. The van der Waals surface area contributed by atoms with Crippen molar-refractivity contribution in [3.8, 4) is 0 Å². The monoisotopic (exact) mass is 332 g/mol. The Balaban J connectivity index is 1.52. The van der Waals surface area contributed by atoms with Gasteiger partial charge in [-0.1, -0.05) is 30.3 Å². The Morgan fingerprint density at radius 2 is 1.96 bits per heavy atom. The van der Waals surface area contributed by atoms with E-state index in [2.05, 4.69) is 4.90 Å². The first-order chi connectivity index (χ1) is 11.7. The maximum Gasteiger partial charge on any atom is 0.222 e. The second-order valence-electron chi connectivity index (χ2n) is 6.84. The summed E-state index contributed by atoms with van der Waals surface area (Å²) >= 11 is 0. The predicted molar refractivity (Wildman–Crippen MR) is 92.7 cm³/mol. The molecule has 0 unspecified atom stereocenters. The highest BCUT2D eigenvalue weighted by molar-refractivity contribution is 5.76. The van der Waals surface area contributed by atoms with Crippen LogP contribution >= 0.6 is 0 Å². The highest BCUT2D eigenvalue weighted by atomic mass is 16.5. The Morgan fingerprint density at radius 3 is 2.67 bits per heavy atom. The largest absolute Gasteiger partial charge is 0.389 e. The molecule has 3 atom stereocenters. The summed E-state index contributed by atoms with van der Waals surface area (Å²) in [6.07, 6.45) is 2.60. The minimum absolute atomic E-state index is 0.0684. The van der Waals surface area contributed by atoms with Crippen LogP contribution in [0.4, 0.5) is 0 Å². The molecule has 24 heavy (non-hydrogen) atoms. The van der Waals surface area contributed by atoms with Crippen LogP contribution in [-0.4, -0.2) is 72.4 Å². The van der Waals surface area contributed by atoms with Gasteiger partial charge in [0.1, 0.15) is 0 Å². The smallest absolute Gasteiger partial charge is 0.222 e. The van der Waals surface area contributed by atoms with Crippen molar-refractivity contribution in [2.24, 2.45) is 0 Å². The molecule has 1 N–H and O–H groups in total. The molecule has 0 radical (unpaired) electrons. The first kappa shape index (κ1) is 17.4. The molecule has 0 spiro atoms. The number of amides is 1. The van der Waals surface area contributed by atoms with Gasteiger partial charge in [0.2, 0.25) is 5.91 Å². The average Bonchev–Trinajstić information content (AvgIpc) is 3.02. The fourth-order valence-electron chi connectivity index (χ4n) is 3.93. The number of nitrogens with zero attached hydrogens (tertiary/aromatic N) is 2. The van der Waals surface area contributed by atoms with E-state index < -0.39 is 6.10 Å². The lowest BCUT2D eigenvalue weighted by Gasteiger charge is -2.36. The van der Waals surface area contributed by atoms with Crippen LogP contribution in [0.5, 0.6) is 0 Å². The zero-order valence-corrected chi connectivity index (χ0v) is 14.4. The van der Waals surface area contributed by atoms with Gasteiger partial charge in [0.05, 0.1) is 25.4 Å². The van der Waals surface area contributed by atoms with Crippen LogP contribution in [0, 0.1) is 0 Å². The minimum Gasteiger partial charge on any atom is -0.389 e. The zero-order valence-electron chi connectivity index (χ0n) is 14.4. The maximum absolute atomic E-state index is 12.5. The van der Waals surface area contributed by atoms with Crippen LogP contribution in [0.25, 0.3) is 0 Å². The molecule has 1 aliphatic carbocycles. The number of carbonyl (C=O) groups is 1. The SMILES string of the molecule is CN(C(=O)CCc1ccccc1)[C@@H]1CC[C@@H](N2CCOCC2)[C@@H]1O. The third-order valence-electron chi connectivity index (χ3n) is 5.42. The third kappa shape index (κ3) is 3.97. The number of ether oxygens (including phenoxy) is 1. The van der Waals surface area contributed by atoms with Crippen molar-refractivity contribution in [2.75, 3.05) is 33.4 Å². The molecule has 1 amide bonds. The molecule has 1 heterocycles. The molecule has 0 bridgehead atoms. The summed E-state index contributed by atoms with van der Waals surface area (Å²) in [5.74, 6) is 0.116. The predicted octanol–water partition coefficient (Wildman–Crippen LogP) is 1.30. The number of hydrogen-bond acceptors (Lipinski definition) is 4. The summed E-state index contributed by atoms with van der Waals surface area (Å²) in [4.78, 5) is 16.6. The van der Waals surface area contributed by atoms with Crippen LogP contribution in [0.15, 0.2) is 30.3 Å². The van der Waals surface area contributed by atoms with Gasteiger partial charge in [0.25, 0.3) is 0 Å². The van der Waals surface area contributed by atoms with E-state index in [0.717, 1.165) is 45.6 Å². The molecular weight excluding hydrogens is 304 g/mol. The number of rotatable bonds is 5. The van der Waals surface area contributed by atoms with E-state index in [9.17, 15) is 9.90 Å². The number of aryl methyl sites for hydroxylation is 1. The van der Waals surface area contributed by atoms with Gasteiger partial charge in [-0.15, -0.1) is 0 Å². The zero-order chi connectivity index (χ0) is 16.9. The molecular formula is C19H28N2O3. The molecule has 1 saturated heterocycles. The molecule has 1 aromatic rings. The summed E-state index contributed by atoms with van der Waals surface area (Å²) in [6.45, 7) is 3.22. The van der Waals surface area contributed by atoms with E-state index in [-0.39, 0.29) is 18.0 Å². The lowest BCUT2D eigenvalue weighted by Crippen LogP contribution is -2.51. The highest BCUT2D eigenvalue weighted by Gasteiger charge is 2.41. The standard InChI is InChI=1S/C19H28N2O3/c1-20(18(22)10-7-15-5-3-2-4-6-15)16-8-9-17(19(16)23)21-11-13-24-14-12-21/h2-6,16-17,19,23H,7-14H2,1H3/t16-,17-,19-/m1/s1. The number of hydrogen-bond donors (Lipinski definition) is 1. The van der Waals surface area contributed by atoms with Gasteiger partial charge < -0.3 is 14.7 Å². The van der Waals surface area contributed by atoms with Gasteiger partial charge in [-0.2, -0.15) is 0 Å². The van der Waals surface area contributed by atoms with Crippen molar-refractivity contribution in [3.05, 3.63) is 35.9 Å². The lowest BCUT2D eigenvalue weighted by molar-refractivity contribution is -0.134. The van der Waals surface area contributed by atoms with Crippen molar-refractivity contribution < 1.29 is 14.6 Å². The molecule has 3 rings (SSSR count). The van der Waals surface area contributed by atoms with Crippen molar-refractivity contribution in [2.45, 2.75) is 43.9 Å². The van der Waals surface area contributed by atoms with Gasteiger partial charge >= 0.3 is 0 Å². The van der Waals surface area contributed by atoms with Crippen molar-refractivity contribution in [1.29, 1.82) is 0 Å². The van der Waals surface area contributed by atoms with E-state index >= 15 is 0 Å². The topological polar surface area (TPSA) is 53.0 Å². The second kappa shape index (κ2) is 8.10. The molecule has 5 heteroatoms. The van der Waals surface area contributed by atoms with Gasteiger partial charge in [0, 0.05) is 32.6 Å². The van der Waals surface area contributed by atoms with Crippen molar-refractivity contribution in [3.63, 3.8) is 0 Å². The first-order valence-electron chi connectivity index (χ1n) is 8.96. The van der Waals surface area contributed by atoms with Crippen LogP contribution in [-0.2, 0) is 16.0 Å². The molecule has 2 aliphatic rings. The molecule has 2 fully saturated rings. The lowest BCUT2D eigenvalue weighted by atomic mass is 10.1. The number of aliphatic hydroxyl groups is 1. The summed E-state index contributed by atoms with van der Waals surface area (Å²) < 4.78 is 5.39. The van der Waals surface area contributed by atoms with Crippen LogP contribution in [0.3, 0.4) is 0 Å².